The van der Waals surface area contributed by atoms with Crippen LogP contribution >= 0.6 is 0 Å². The Balaban J connectivity index is 2.41. The van der Waals surface area contributed by atoms with Crippen molar-refractivity contribution in [3.05, 3.63) is 36.6 Å². The summed E-state index contributed by atoms with van der Waals surface area (Å²) >= 11 is 0. The molecule has 5 heteroatoms. The Morgan fingerprint density at radius 1 is 1.14 bits per heavy atom. The van der Waals surface area contributed by atoms with Gasteiger partial charge in [0.25, 0.3) is 0 Å². The van der Waals surface area contributed by atoms with Gasteiger partial charge < -0.3 is 14.5 Å². The Bertz CT molecular complexity index is 414. The van der Waals surface area contributed by atoms with Gasteiger partial charge in [0, 0.05) is 0 Å². The number of hydrogen-bond donors (Lipinski definition) is 2. The van der Waals surface area contributed by atoms with Crippen LogP contribution in [0.1, 0.15) is 0 Å². The van der Waals surface area contributed by atoms with Gasteiger partial charge in [0.15, 0.2) is 5.76 Å². The summed E-state index contributed by atoms with van der Waals surface area (Å²) in [6, 6.07) is 8.48. The summed E-state index contributed by atoms with van der Waals surface area (Å²) in [5, 5.41) is 17.8. The molecule has 0 radical (unpaired) electrons. The minimum absolute atomic E-state index is 0.207. The summed E-state index contributed by atoms with van der Waals surface area (Å²) < 4.78 is 5.13. The quantitative estimate of drug-likeness (QED) is 0.653. The number of furan rings is 1. The highest BCUT2D eigenvalue weighted by atomic mass is 16.4. The summed E-state index contributed by atoms with van der Waals surface area (Å²) in [6.07, 6.45) is 1.54. The molecule has 0 saturated heterocycles. The Hall–Kier alpha value is -1.59. The predicted molar refractivity (Wildman–Crippen MR) is 51.8 cm³/mol. The molecule has 0 aliphatic heterocycles. The van der Waals surface area contributed by atoms with Gasteiger partial charge in [-0.15, -0.1) is 0 Å². The maximum Gasteiger partial charge on any atom is 0.508 e. The van der Waals surface area contributed by atoms with E-state index in [1.165, 1.54) is 6.07 Å². The lowest BCUT2D eigenvalue weighted by Crippen LogP contribution is -2.32. The van der Waals surface area contributed by atoms with Crippen LogP contribution in [0.3, 0.4) is 0 Å². The van der Waals surface area contributed by atoms with Crippen molar-refractivity contribution >= 4 is 12.7 Å². The van der Waals surface area contributed by atoms with Crippen molar-refractivity contribution in [2.45, 2.75) is 0 Å². The minimum Gasteiger partial charge on any atom is -0.463 e. The summed E-state index contributed by atoms with van der Waals surface area (Å²) in [5.74, 6) is 0.604. The summed E-state index contributed by atoms with van der Waals surface area (Å²) in [7, 11) is -1.55. The van der Waals surface area contributed by atoms with Crippen LogP contribution in [-0.2, 0) is 0 Å². The van der Waals surface area contributed by atoms with E-state index >= 15 is 0 Å². The highest BCUT2D eigenvalue weighted by Crippen LogP contribution is 2.15. The van der Waals surface area contributed by atoms with Crippen LogP contribution < -0.4 is 5.59 Å². The Labute approximate surface area is 81.0 Å². The third kappa shape index (κ3) is 1.68. The summed E-state index contributed by atoms with van der Waals surface area (Å²) in [6.45, 7) is 0. The predicted octanol–water partition coefficient (Wildman–Crippen LogP) is 0.0214. The van der Waals surface area contributed by atoms with Gasteiger partial charge in [-0.1, -0.05) is 6.07 Å². The largest absolute Gasteiger partial charge is 0.508 e. The molecule has 0 atom stereocenters. The molecule has 2 aromatic rings. The zero-order chi connectivity index (χ0) is 9.97. The number of nitrogens with zero attached hydrogens (tertiary/aromatic N) is 1. The fourth-order valence-corrected chi connectivity index (χ4v) is 1.16. The van der Waals surface area contributed by atoms with Crippen LogP contribution in [-0.4, -0.2) is 22.2 Å². The molecular formula is C9H8BNO3. The van der Waals surface area contributed by atoms with E-state index < -0.39 is 7.12 Å². The monoisotopic (exact) mass is 189 g/mol. The summed E-state index contributed by atoms with van der Waals surface area (Å²) in [5.41, 5.74) is 0.791. The van der Waals surface area contributed by atoms with E-state index in [4.69, 9.17) is 14.5 Å². The fraction of sp³-hybridized carbons (Fsp3) is 0. The van der Waals surface area contributed by atoms with E-state index in [0.29, 0.717) is 11.5 Å². The SMILES string of the molecule is OB(O)c1cccc(-c2ccco2)n1. The Morgan fingerprint density at radius 3 is 2.64 bits per heavy atom. The standard InChI is InChI=1S/C9H8BNO3/c12-10(13)9-5-1-3-7(11-9)8-4-2-6-14-8/h1-6,12-13H. The molecule has 2 N–H and O–H groups in total. The topological polar surface area (TPSA) is 66.5 Å². The van der Waals surface area contributed by atoms with Crippen LogP contribution in [0, 0.1) is 0 Å². The third-order valence-electron chi connectivity index (χ3n) is 1.81. The minimum atomic E-state index is -1.55. The highest BCUT2D eigenvalue weighted by Gasteiger charge is 2.13. The maximum atomic E-state index is 8.91. The maximum absolute atomic E-state index is 8.91. The molecule has 2 aromatic heterocycles. The van der Waals surface area contributed by atoms with Crippen LogP contribution in [0.25, 0.3) is 11.5 Å². The van der Waals surface area contributed by atoms with Crippen molar-refractivity contribution in [1.29, 1.82) is 0 Å². The molecular weight excluding hydrogens is 181 g/mol. The van der Waals surface area contributed by atoms with Crippen molar-refractivity contribution in [3.63, 3.8) is 0 Å². The average molecular weight is 189 g/mol. The third-order valence-corrected chi connectivity index (χ3v) is 1.81. The molecule has 14 heavy (non-hydrogen) atoms. The molecule has 0 amide bonds. The first-order valence-corrected chi connectivity index (χ1v) is 4.14. The van der Waals surface area contributed by atoms with E-state index in [2.05, 4.69) is 4.98 Å². The van der Waals surface area contributed by atoms with Crippen molar-refractivity contribution in [2.75, 3.05) is 0 Å². The van der Waals surface area contributed by atoms with Crippen LogP contribution in [0.5, 0.6) is 0 Å². The van der Waals surface area contributed by atoms with E-state index in [-0.39, 0.29) is 5.59 Å². The van der Waals surface area contributed by atoms with Crippen molar-refractivity contribution < 1.29 is 14.5 Å². The molecule has 0 saturated carbocycles. The zero-order valence-corrected chi connectivity index (χ0v) is 7.29. The van der Waals surface area contributed by atoms with Crippen molar-refractivity contribution in [3.8, 4) is 11.5 Å². The van der Waals surface area contributed by atoms with Gasteiger partial charge in [-0.2, -0.15) is 0 Å². The van der Waals surface area contributed by atoms with Crippen LogP contribution in [0.2, 0.25) is 0 Å². The molecule has 0 aromatic carbocycles. The lowest BCUT2D eigenvalue weighted by atomic mass is 9.85. The van der Waals surface area contributed by atoms with Gasteiger partial charge in [0.05, 0.1) is 11.9 Å². The molecule has 0 aliphatic rings. The lowest BCUT2D eigenvalue weighted by Gasteiger charge is -2.00. The molecule has 4 nitrogen and oxygen atoms in total. The van der Waals surface area contributed by atoms with Crippen LogP contribution in [0.15, 0.2) is 41.0 Å². The zero-order valence-electron chi connectivity index (χ0n) is 7.29. The molecule has 2 rings (SSSR count). The molecule has 2 heterocycles. The lowest BCUT2D eigenvalue weighted by molar-refractivity contribution is 0.424. The van der Waals surface area contributed by atoms with Gasteiger partial charge in [-0.25, -0.2) is 0 Å². The van der Waals surface area contributed by atoms with Gasteiger partial charge in [-0.3, -0.25) is 4.98 Å². The Kier molecular flexibility index (Phi) is 2.34. The molecule has 70 valence electrons. The fourth-order valence-electron chi connectivity index (χ4n) is 1.16. The molecule has 0 bridgehead atoms. The molecule has 0 spiro atoms. The number of aromatic nitrogens is 1. The molecule has 0 aliphatic carbocycles. The van der Waals surface area contributed by atoms with Gasteiger partial charge >= 0.3 is 7.12 Å². The summed E-state index contributed by atoms with van der Waals surface area (Å²) in [4.78, 5) is 4.02. The van der Waals surface area contributed by atoms with Gasteiger partial charge in [-0.05, 0) is 24.3 Å². The normalized spacial score (nSPS) is 10.1. The van der Waals surface area contributed by atoms with E-state index in [9.17, 15) is 0 Å². The highest BCUT2D eigenvalue weighted by molar-refractivity contribution is 6.57. The van der Waals surface area contributed by atoms with Crippen molar-refractivity contribution in [2.24, 2.45) is 0 Å². The second-order valence-corrected chi connectivity index (χ2v) is 2.80. The Morgan fingerprint density at radius 2 is 2.00 bits per heavy atom. The molecule has 0 unspecified atom stereocenters. The van der Waals surface area contributed by atoms with Gasteiger partial charge in [0.1, 0.15) is 5.69 Å². The van der Waals surface area contributed by atoms with Crippen LogP contribution in [0.4, 0.5) is 0 Å². The van der Waals surface area contributed by atoms with E-state index in [0.717, 1.165) is 0 Å². The average Bonchev–Trinajstić information content (AvgIpc) is 2.71. The number of hydrogen-bond acceptors (Lipinski definition) is 4. The molecule has 0 fully saturated rings. The first-order valence-electron chi connectivity index (χ1n) is 4.14. The number of pyridine rings is 1. The van der Waals surface area contributed by atoms with Crippen molar-refractivity contribution in [1.82, 2.24) is 4.98 Å². The van der Waals surface area contributed by atoms with E-state index in [1.54, 1.807) is 30.5 Å². The second-order valence-electron chi connectivity index (χ2n) is 2.80. The first-order chi connectivity index (χ1) is 6.77. The van der Waals surface area contributed by atoms with E-state index in [1.807, 2.05) is 0 Å². The smallest absolute Gasteiger partial charge is 0.463 e. The second kappa shape index (κ2) is 3.65. The van der Waals surface area contributed by atoms with Gasteiger partial charge in [0.2, 0.25) is 0 Å². The number of rotatable bonds is 2. The first kappa shape index (κ1) is 8.99.